The van der Waals surface area contributed by atoms with Crippen LogP contribution in [-0.2, 0) is 4.79 Å². The third-order valence-corrected chi connectivity index (χ3v) is 8.04. The Bertz CT molecular complexity index is 1660. The zero-order chi connectivity index (χ0) is 29.2. The maximum atomic E-state index is 14.4. The molecule has 4 aromatic rings. The smallest absolute Gasteiger partial charge is 0.259 e. The van der Waals surface area contributed by atoms with E-state index in [-0.39, 0.29) is 17.6 Å². The molecule has 7 heteroatoms. The van der Waals surface area contributed by atoms with Crippen molar-refractivity contribution in [2.75, 3.05) is 31.5 Å². The summed E-state index contributed by atoms with van der Waals surface area (Å²) in [5, 5.41) is 3.59. The van der Waals surface area contributed by atoms with Gasteiger partial charge in [-0.1, -0.05) is 48.5 Å². The molecule has 7 nitrogen and oxygen atoms in total. The van der Waals surface area contributed by atoms with Crippen LogP contribution in [-0.4, -0.2) is 33.0 Å². The fourth-order valence-electron chi connectivity index (χ4n) is 5.98. The monoisotopic (exact) mass is 560 g/mol. The van der Waals surface area contributed by atoms with Gasteiger partial charge >= 0.3 is 0 Å². The van der Waals surface area contributed by atoms with Gasteiger partial charge in [0.2, 0.25) is 0 Å². The summed E-state index contributed by atoms with van der Waals surface area (Å²) < 4.78 is 16.5. The summed E-state index contributed by atoms with van der Waals surface area (Å²) in [6.07, 6.45) is 0.930. The number of nitrogens with zero attached hydrogens (tertiary/aromatic N) is 1. The molecule has 1 aliphatic carbocycles. The van der Waals surface area contributed by atoms with Gasteiger partial charge in [-0.25, -0.2) is 0 Å². The molecule has 0 bridgehead atoms. The van der Waals surface area contributed by atoms with Crippen LogP contribution >= 0.6 is 0 Å². The van der Waals surface area contributed by atoms with Gasteiger partial charge in [0.1, 0.15) is 5.75 Å². The predicted molar refractivity (Wildman–Crippen MR) is 163 cm³/mol. The van der Waals surface area contributed by atoms with Crippen LogP contribution in [0.3, 0.4) is 0 Å². The highest BCUT2D eigenvalue weighted by atomic mass is 16.5. The number of amides is 1. The highest BCUT2D eigenvalue weighted by Crippen LogP contribution is 2.48. The minimum Gasteiger partial charge on any atom is -0.497 e. The Labute approximate surface area is 245 Å². The number of nitrogens with one attached hydrogen (secondary N) is 1. The van der Waals surface area contributed by atoms with Crippen molar-refractivity contribution < 1.29 is 23.8 Å². The Kier molecular flexibility index (Phi) is 7.40. The van der Waals surface area contributed by atoms with E-state index < -0.39 is 6.04 Å². The molecule has 0 radical (unpaired) electrons. The number of hydrogen-bond donors (Lipinski definition) is 1. The van der Waals surface area contributed by atoms with Crippen molar-refractivity contribution in [1.82, 2.24) is 0 Å². The van der Waals surface area contributed by atoms with E-state index in [1.54, 1.807) is 38.4 Å². The molecule has 1 N–H and O–H groups in total. The molecule has 4 aromatic carbocycles. The second-order valence-electron chi connectivity index (χ2n) is 10.4. The predicted octanol–water partition coefficient (Wildman–Crippen LogP) is 6.93. The quantitative estimate of drug-likeness (QED) is 0.276. The molecule has 6 rings (SSSR count). The van der Waals surface area contributed by atoms with Crippen molar-refractivity contribution >= 4 is 23.1 Å². The first-order chi connectivity index (χ1) is 20.5. The highest BCUT2D eigenvalue weighted by Gasteiger charge is 2.42. The lowest BCUT2D eigenvalue weighted by Crippen LogP contribution is -2.38. The summed E-state index contributed by atoms with van der Waals surface area (Å²) in [6.45, 7) is 0. The van der Waals surface area contributed by atoms with Gasteiger partial charge in [-0.15, -0.1) is 0 Å². The number of ether oxygens (including phenoxy) is 3. The molecule has 42 heavy (non-hydrogen) atoms. The summed E-state index contributed by atoms with van der Waals surface area (Å²) in [4.78, 5) is 30.4. The van der Waals surface area contributed by atoms with Crippen molar-refractivity contribution in [3.63, 3.8) is 0 Å². The second-order valence-corrected chi connectivity index (χ2v) is 10.4. The van der Waals surface area contributed by atoms with Crippen LogP contribution in [0, 0.1) is 0 Å². The molecule has 0 fully saturated rings. The van der Waals surface area contributed by atoms with Crippen molar-refractivity contribution in [3.8, 4) is 17.2 Å². The zero-order valence-corrected chi connectivity index (χ0v) is 23.8. The third-order valence-electron chi connectivity index (χ3n) is 8.04. The molecule has 1 heterocycles. The SMILES string of the molecule is COc1ccc([C@@H]2CC(=O)C3=C(C2)Nc2ccccc2N(C(=O)c2ccccc2)[C@@H]3c2ccc(OC)c(OC)c2)cc1. The van der Waals surface area contributed by atoms with E-state index in [1.165, 1.54) is 0 Å². The number of para-hydroxylation sites is 2. The van der Waals surface area contributed by atoms with Gasteiger partial charge in [0.25, 0.3) is 5.91 Å². The van der Waals surface area contributed by atoms with Crippen LogP contribution in [0.5, 0.6) is 17.2 Å². The van der Waals surface area contributed by atoms with E-state index in [9.17, 15) is 9.59 Å². The van der Waals surface area contributed by atoms with Crippen LogP contribution in [0.2, 0.25) is 0 Å². The summed E-state index contributed by atoms with van der Waals surface area (Å²) in [5.41, 5.74) is 5.18. The zero-order valence-electron chi connectivity index (χ0n) is 23.8. The van der Waals surface area contributed by atoms with Crippen LogP contribution in [0.4, 0.5) is 11.4 Å². The Morgan fingerprint density at radius 3 is 2.17 bits per heavy atom. The molecule has 0 unspecified atom stereocenters. The molecule has 0 aromatic heterocycles. The molecule has 0 saturated heterocycles. The number of anilines is 2. The normalized spacial score (nSPS) is 17.9. The summed E-state index contributed by atoms with van der Waals surface area (Å²) in [7, 11) is 4.80. The Morgan fingerprint density at radius 2 is 1.45 bits per heavy atom. The second kappa shape index (κ2) is 11.4. The van der Waals surface area contributed by atoms with Gasteiger partial charge in [0.05, 0.1) is 38.7 Å². The molecule has 1 amide bonds. The van der Waals surface area contributed by atoms with Gasteiger partial charge in [-0.3, -0.25) is 14.5 Å². The van der Waals surface area contributed by atoms with Crippen molar-refractivity contribution in [2.24, 2.45) is 0 Å². The van der Waals surface area contributed by atoms with Gasteiger partial charge in [0, 0.05) is 23.3 Å². The fraction of sp³-hybridized carbons (Fsp3) is 0.200. The lowest BCUT2D eigenvalue weighted by atomic mass is 9.78. The first-order valence-electron chi connectivity index (χ1n) is 13.9. The van der Waals surface area contributed by atoms with Crippen molar-refractivity contribution in [3.05, 3.63) is 125 Å². The van der Waals surface area contributed by atoms with Crippen LogP contribution in [0.1, 0.15) is 46.3 Å². The van der Waals surface area contributed by atoms with E-state index in [0.717, 1.165) is 28.3 Å². The first kappa shape index (κ1) is 27.1. The van der Waals surface area contributed by atoms with Gasteiger partial charge < -0.3 is 19.5 Å². The maximum absolute atomic E-state index is 14.4. The summed E-state index contributed by atoms with van der Waals surface area (Å²) >= 11 is 0. The average Bonchev–Trinajstić information content (AvgIpc) is 3.19. The van der Waals surface area contributed by atoms with Crippen LogP contribution < -0.4 is 24.4 Å². The lowest BCUT2D eigenvalue weighted by Gasteiger charge is -2.35. The molecule has 2 atom stereocenters. The summed E-state index contributed by atoms with van der Waals surface area (Å²) in [6, 6.07) is 29.6. The number of benzene rings is 4. The van der Waals surface area contributed by atoms with E-state index in [0.29, 0.717) is 41.2 Å². The number of hydrogen-bond acceptors (Lipinski definition) is 6. The Balaban J connectivity index is 1.56. The highest BCUT2D eigenvalue weighted by molar-refractivity contribution is 6.12. The Morgan fingerprint density at radius 1 is 0.762 bits per heavy atom. The number of carbonyl (C=O) groups excluding carboxylic acids is 2. The maximum Gasteiger partial charge on any atom is 0.259 e. The van der Waals surface area contributed by atoms with E-state index in [1.807, 2.05) is 84.9 Å². The first-order valence-corrected chi connectivity index (χ1v) is 13.9. The molecule has 2 aliphatic rings. The number of allylic oxidation sites excluding steroid dienone is 1. The molecule has 0 spiro atoms. The minimum absolute atomic E-state index is 0.0111. The molecule has 212 valence electrons. The van der Waals surface area contributed by atoms with Crippen LogP contribution in [0.25, 0.3) is 0 Å². The van der Waals surface area contributed by atoms with Gasteiger partial charge in [-0.05, 0) is 72.0 Å². The number of ketones is 1. The minimum atomic E-state index is -0.701. The topological polar surface area (TPSA) is 77.1 Å². The lowest BCUT2D eigenvalue weighted by molar-refractivity contribution is -0.116. The number of rotatable bonds is 6. The fourth-order valence-corrected chi connectivity index (χ4v) is 5.98. The van der Waals surface area contributed by atoms with Gasteiger partial charge in [-0.2, -0.15) is 0 Å². The molecule has 0 saturated carbocycles. The van der Waals surface area contributed by atoms with Crippen molar-refractivity contribution in [1.29, 1.82) is 0 Å². The number of carbonyl (C=O) groups is 2. The molecular weight excluding hydrogens is 528 g/mol. The van der Waals surface area contributed by atoms with Crippen molar-refractivity contribution in [2.45, 2.75) is 24.8 Å². The largest absolute Gasteiger partial charge is 0.497 e. The average molecular weight is 561 g/mol. The molecular formula is C35H32N2O5. The van der Waals surface area contributed by atoms with E-state index in [2.05, 4.69) is 5.32 Å². The summed E-state index contributed by atoms with van der Waals surface area (Å²) in [5.74, 6) is 1.62. The Hall–Kier alpha value is -5.04. The van der Waals surface area contributed by atoms with E-state index in [4.69, 9.17) is 14.2 Å². The standard InChI is InChI=1S/C35H32N2O5/c1-40-26-16-13-22(14-17-26)25-19-28-33(30(38)20-25)34(24-15-18-31(41-2)32(21-24)42-3)37(29-12-8-7-11-27(29)36-28)35(39)23-9-5-4-6-10-23/h4-18,21,25,34,36H,19-20H2,1-3H3/t25-,34+/m0/s1. The third kappa shape index (κ3) is 4.87. The van der Waals surface area contributed by atoms with E-state index >= 15 is 0 Å². The molecule has 1 aliphatic heterocycles. The number of Topliss-reactive ketones (excluding diaryl/α,β-unsaturated/α-hetero) is 1. The number of fused-ring (bicyclic) bond motifs is 1. The number of methoxy groups -OCH3 is 3. The van der Waals surface area contributed by atoms with Crippen LogP contribution in [0.15, 0.2) is 108 Å². The van der Waals surface area contributed by atoms with Gasteiger partial charge in [0.15, 0.2) is 17.3 Å².